The standard InChI is InChI=1S/C81H65N5S/c1-80(2,3)64-38-28-53(29-39-64)55-32-42-67(43-33-55)85(68-44-34-56(35-45-68)54-30-40-65(41-31-54)81(4,5)6)74-49-48-69(77(83)78(74)84-87)63-37-46-70-71-47-36-58-26-27-62(50-72(58)79(71)86(75(70)51-63)66-20-14-9-15-21-66)57-22-24-59(25-23-57)73(52-82)76(60-16-10-7-11-17-60)61-18-12-8-13-19-61/h7-51,83,87H,1-6H3. The fourth-order valence-corrected chi connectivity index (χ4v) is 12.4. The van der Waals surface area contributed by atoms with E-state index in [0.29, 0.717) is 11.3 Å². The maximum Gasteiger partial charge on any atom is 0.121 e. The molecule has 1 aliphatic carbocycles. The number of nitriles is 1. The minimum atomic E-state index is 0.0609. The Morgan fingerprint density at radius 3 is 1.41 bits per heavy atom. The van der Waals surface area contributed by atoms with Crippen molar-refractivity contribution in [3.8, 4) is 45.1 Å². The lowest BCUT2D eigenvalue weighted by Gasteiger charge is -2.31. The van der Waals surface area contributed by atoms with Gasteiger partial charge in [-0.05, 0) is 156 Å². The molecule has 6 heteroatoms. The van der Waals surface area contributed by atoms with E-state index >= 15 is 0 Å². The fraction of sp³-hybridized carbons (Fsp3) is 0.0988. The molecule has 0 radical (unpaired) electrons. The van der Waals surface area contributed by atoms with Crippen molar-refractivity contribution in [3.05, 3.63) is 312 Å². The first-order valence-electron chi connectivity index (χ1n) is 29.6. The zero-order valence-electron chi connectivity index (χ0n) is 49.7. The van der Waals surface area contributed by atoms with Crippen LogP contribution in [0.3, 0.4) is 0 Å². The van der Waals surface area contributed by atoms with Crippen LogP contribution in [-0.4, -0.2) is 16.0 Å². The summed E-state index contributed by atoms with van der Waals surface area (Å²) >= 11 is 4.65. The first-order chi connectivity index (χ1) is 42.2. The van der Waals surface area contributed by atoms with Crippen molar-refractivity contribution in [2.75, 3.05) is 4.90 Å². The minimum absolute atomic E-state index is 0.0609. The molecule has 0 amide bonds. The quantitative estimate of drug-likeness (QED) is 0.0586. The van der Waals surface area contributed by atoms with Gasteiger partial charge in [0, 0.05) is 44.4 Å². The van der Waals surface area contributed by atoms with Crippen LogP contribution in [0.1, 0.15) is 74.9 Å². The van der Waals surface area contributed by atoms with Gasteiger partial charge in [-0.1, -0.05) is 254 Å². The monoisotopic (exact) mass is 1140 g/mol. The molecule has 5 nitrogen and oxygen atoms in total. The molecule has 1 heterocycles. The number of thiol groups is 1. The summed E-state index contributed by atoms with van der Waals surface area (Å²) in [5, 5.41) is 25.3. The molecule has 0 bridgehead atoms. The Morgan fingerprint density at radius 2 is 0.908 bits per heavy atom. The van der Waals surface area contributed by atoms with Crippen molar-refractivity contribution in [1.82, 2.24) is 4.57 Å². The molecule has 0 saturated heterocycles. The Balaban J connectivity index is 0.899. The van der Waals surface area contributed by atoms with Crippen LogP contribution in [0.25, 0.3) is 88.4 Å². The van der Waals surface area contributed by atoms with Crippen LogP contribution >= 0.6 is 12.8 Å². The van der Waals surface area contributed by atoms with Crippen molar-refractivity contribution < 1.29 is 0 Å². The summed E-state index contributed by atoms with van der Waals surface area (Å²) in [6.07, 6.45) is 4.15. The van der Waals surface area contributed by atoms with Gasteiger partial charge in [-0.25, -0.2) is 4.40 Å². The fourth-order valence-electron chi connectivity index (χ4n) is 12.2. The zero-order chi connectivity index (χ0) is 60.0. The number of anilines is 2. The summed E-state index contributed by atoms with van der Waals surface area (Å²) in [7, 11) is 0. The maximum atomic E-state index is 10.8. The Hall–Kier alpha value is -10.3. The molecule has 1 N–H and O–H groups in total. The van der Waals surface area contributed by atoms with Gasteiger partial charge in [0.05, 0.1) is 28.0 Å². The van der Waals surface area contributed by atoms with E-state index in [4.69, 9.17) is 0 Å². The molecular formula is C81H65N5S. The predicted molar refractivity (Wildman–Crippen MR) is 372 cm³/mol. The largest absolute Gasteiger partial charge is 0.309 e. The number of hydrogen-bond acceptors (Lipinski definition) is 5. The lowest BCUT2D eigenvalue weighted by molar-refractivity contribution is 0.590. The van der Waals surface area contributed by atoms with E-state index in [0.717, 1.165) is 122 Å². The van der Waals surface area contributed by atoms with Gasteiger partial charge in [0.1, 0.15) is 11.8 Å². The number of para-hydroxylation sites is 1. The van der Waals surface area contributed by atoms with Gasteiger partial charge in [-0.2, -0.15) is 5.26 Å². The molecule has 0 spiro atoms. The van der Waals surface area contributed by atoms with Crippen molar-refractivity contribution in [2.45, 2.75) is 52.4 Å². The number of rotatable bonds is 11. The summed E-state index contributed by atoms with van der Waals surface area (Å²) in [5.41, 5.74) is 21.9. The molecule has 0 aliphatic heterocycles. The number of fused-ring (bicyclic) bond motifs is 5. The molecule has 13 rings (SSSR count). The Bertz CT molecular complexity index is 4620. The van der Waals surface area contributed by atoms with Crippen LogP contribution in [0.5, 0.6) is 0 Å². The third-order valence-electron chi connectivity index (χ3n) is 17.0. The van der Waals surface area contributed by atoms with Crippen LogP contribution in [0.15, 0.2) is 283 Å². The summed E-state index contributed by atoms with van der Waals surface area (Å²) < 4.78 is 7.01. The van der Waals surface area contributed by atoms with Gasteiger partial charge < -0.3 is 9.47 Å². The Kier molecular flexibility index (Phi) is 14.7. The lowest BCUT2D eigenvalue weighted by atomic mass is 9.86. The van der Waals surface area contributed by atoms with Crippen molar-refractivity contribution >= 4 is 84.9 Å². The molecule has 0 saturated carbocycles. The minimum Gasteiger partial charge on any atom is -0.309 e. The van der Waals surface area contributed by atoms with Crippen LogP contribution in [0.2, 0.25) is 0 Å². The normalized spacial score (nSPS) is 13.2. The highest BCUT2D eigenvalue weighted by atomic mass is 32.1. The first-order valence-corrected chi connectivity index (χ1v) is 30.0. The molecule has 12 aromatic rings. The van der Waals surface area contributed by atoms with Crippen molar-refractivity contribution in [3.63, 3.8) is 0 Å². The second kappa shape index (κ2) is 22.9. The van der Waals surface area contributed by atoms with E-state index in [1.807, 2.05) is 36.4 Å². The molecule has 1 aromatic heterocycles. The Morgan fingerprint density at radius 1 is 0.460 bits per heavy atom. The molecule has 87 heavy (non-hydrogen) atoms. The molecule has 1 aliphatic rings. The first kappa shape index (κ1) is 55.8. The number of nitrogens with zero attached hydrogens (tertiary/aromatic N) is 4. The summed E-state index contributed by atoms with van der Waals surface area (Å²) in [5.74, 6) is 0. The van der Waals surface area contributed by atoms with Gasteiger partial charge in [-0.3, -0.25) is 5.41 Å². The predicted octanol–water partition coefficient (Wildman–Crippen LogP) is 21.4. The molecule has 0 unspecified atom stereocenters. The van der Waals surface area contributed by atoms with Crippen LogP contribution in [0, 0.1) is 16.7 Å². The molecule has 11 aromatic carbocycles. The van der Waals surface area contributed by atoms with E-state index in [1.54, 1.807) is 0 Å². The third kappa shape index (κ3) is 10.7. The van der Waals surface area contributed by atoms with Crippen molar-refractivity contribution in [2.24, 2.45) is 4.40 Å². The summed E-state index contributed by atoms with van der Waals surface area (Å²) in [4.78, 5) is 2.19. The molecular weight excluding hydrogens is 1070 g/mol. The van der Waals surface area contributed by atoms with E-state index in [-0.39, 0.29) is 16.5 Å². The molecule has 420 valence electrons. The Labute approximate surface area is 516 Å². The smallest absolute Gasteiger partial charge is 0.121 e. The average Bonchev–Trinajstić information content (AvgIpc) is 1.62. The second-order valence-electron chi connectivity index (χ2n) is 24.5. The van der Waals surface area contributed by atoms with Gasteiger partial charge in [0.25, 0.3) is 0 Å². The van der Waals surface area contributed by atoms with E-state index in [1.165, 1.54) is 11.1 Å². The van der Waals surface area contributed by atoms with Crippen LogP contribution in [-0.2, 0) is 10.8 Å². The topological polar surface area (TPSA) is 68.2 Å². The maximum absolute atomic E-state index is 10.8. The molecule has 0 atom stereocenters. The van der Waals surface area contributed by atoms with Crippen molar-refractivity contribution in [1.29, 1.82) is 10.7 Å². The van der Waals surface area contributed by atoms with Gasteiger partial charge in [-0.15, -0.1) is 0 Å². The van der Waals surface area contributed by atoms with Crippen LogP contribution < -0.4 is 4.90 Å². The summed E-state index contributed by atoms with van der Waals surface area (Å²) in [6.45, 7) is 13.4. The van der Waals surface area contributed by atoms with Crippen LogP contribution in [0.4, 0.5) is 11.4 Å². The number of allylic oxidation sites excluding steroid dienone is 5. The summed E-state index contributed by atoms with van der Waals surface area (Å²) in [6, 6.07) is 94.6. The lowest BCUT2D eigenvalue weighted by Crippen LogP contribution is -2.30. The number of aromatic nitrogens is 1. The van der Waals surface area contributed by atoms with Gasteiger partial charge >= 0.3 is 0 Å². The van der Waals surface area contributed by atoms with Gasteiger partial charge in [0.15, 0.2) is 0 Å². The molecule has 0 fully saturated rings. The third-order valence-corrected chi connectivity index (χ3v) is 17.2. The zero-order valence-corrected chi connectivity index (χ0v) is 50.6. The van der Waals surface area contributed by atoms with E-state index < -0.39 is 0 Å². The van der Waals surface area contributed by atoms with E-state index in [2.05, 4.69) is 311 Å². The SMILES string of the molecule is CC(C)(C)c1ccc(-c2ccc(N(C3=CC=C(c4ccc5c6ccc7ccc(-c8ccc(C(C#N)=C(c9ccccc9)c9ccccc9)cc8)cc7c6n(-c6ccccc6)c5c4)C(=N)C3=NS)c3ccc(-c4ccc(C(C)(C)C)cc4)cc3)cc2)cc1. The highest BCUT2D eigenvalue weighted by Gasteiger charge is 2.29. The highest BCUT2D eigenvalue weighted by Crippen LogP contribution is 2.43. The average molecular weight is 1140 g/mol. The van der Waals surface area contributed by atoms with E-state index in [9.17, 15) is 10.7 Å². The second-order valence-corrected chi connectivity index (χ2v) is 24.7. The highest BCUT2D eigenvalue weighted by molar-refractivity contribution is 7.79. The van der Waals surface area contributed by atoms with Gasteiger partial charge in [0.2, 0.25) is 0 Å². The number of hydrogen-bond donors (Lipinski definition) is 2. The number of nitrogens with one attached hydrogen (secondary N) is 1. The number of benzene rings is 11.